The largest absolute Gasteiger partial charge is 0.399 e. The van der Waals surface area contributed by atoms with E-state index in [9.17, 15) is 4.79 Å². The van der Waals surface area contributed by atoms with Gasteiger partial charge >= 0.3 is 0 Å². The molecule has 1 heterocycles. The van der Waals surface area contributed by atoms with Gasteiger partial charge in [-0.3, -0.25) is 4.79 Å². The molecule has 1 saturated heterocycles. The minimum absolute atomic E-state index is 0.134. The lowest BCUT2D eigenvalue weighted by Gasteiger charge is -2.15. The molecule has 1 aliphatic rings. The molecule has 0 saturated carbocycles. The number of hydrogen-bond donors (Lipinski definition) is 2. The first-order chi connectivity index (χ1) is 6.66. The highest BCUT2D eigenvalue weighted by Gasteiger charge is 2.27. The van der Waals surface area contributed by atoms with Crippen molar-refractivity contribution in [2.24, 2.45) is 0 Å². The van der Waals surface area contributed by atoms with Crippen LogP contribution >= 0.6 is 12.6 Å². The number of nitrogen functional groups attached to an aromatic ring is 1. The van der Waals surface area contributed by atoms with Gasteiger partial charge in [0.25, 0.3) is 0 Å². The van der Waals surface area contributed by atoms with Crippen LogP contribution in [0.3, 0.4) is 0 Å². The maximum absolute atomic E-state index is 11.5. The summed E-state index contributed by atoms with van der Waals surface area (Å²) in [4.78, 5) is 13.3. The molecule has 3 nitrogen and oxygen atoms in total. The van der Waals surface area contributed by atoms with Crippen molar-refractivity contribution in [1.29, 1.82) is 0 Å². The van der Waals surface area contributed by atoms with E-state index < -0.39 is 0 Å². The second-order valence-electron chi connectivity index (χ2n) is 3.45. The fourth-order valence-corrected chi connectivity index (χ4v) is 1.91. The normalized spacial score (nSPS) is 21.6. The summed E-state index contributed by atoms with van der Waals surface area (Å²) in [5.74, 6) is 0.134. The monoisotopic (exact) mass is 208 g/mol. The predicted molar refractivity (Wildman–Crippen MR) is 60.6 cm³/mol. The first-order valence-corrected chi connectivity index (χ1v) is 5.02. The maximum Gasteiger partial charge on any atom is 0.228 e. The molecule has 1 unspecified atom stereocenters. The highest BCUT2D eigenvalue weighted by Crippen LogP contribution is 2.24. The molecular formula is C10H12N2OS. The SMILES string of the molecule is Nc1ccc(N2CC(S)CC2=O)cc1. The third-order valence-electron chi connectivity index (χ3n) is 2.31. The molecular weight excluding hydrogens is 196 g/mol. The molecule has 14 heavy (non-hydrogen) atoms. The third-order valence-corrected chi connectivity index (χ3v) is 2.66. The molecule has 2 rings (SSSR count). The number of anilines is 2. The lowest BCUT2D eigenvalue weighted by Crippen LogP contribution is -2.24. The summed E-state index contributed by atoms with van der Waals surface area (Å²) in [6.07, 6.45) is 0.521. The lowest BCUT2D eigenvalue weighted by atomic mass is 10.2. The molecule has 1 aliphatic heterocycles. The number of amides is 1. The zero-order valence-electron chi connectivity index (χ0n) is 7.68. The molecule has 1 aromatic rings. The Kier molecular flexibility index (Phi) is 2.37. The first-order valence-electron chi connectivity index (χ1n) is 4.51. The Morgan fingerprint density at radius 2 is 2.00 bits per heavy atom. The number of benzene rings is 1. The molecule has 4 heteroatoms. The van der Waals surface area contributed by atoms with Crippen LogP contribution in [0.4, 0.5) is 11.4 Å². The van der Waals surface area contributed by atoms with E-state index in [0.29, 0.717) is 18.7 Å². The van der Waals surface area contributed by atoms with Gasteiger partial charge in [-0.1, -0.05) is 0 Å². The van der Waals surface area contributed by atoms with Gasteiger partial charge in [0.2, 0.25) is 5.91 Å². The predicted octanol–water partition coefficient (Wildman–Crippen LogP) is 1.30. The number of carbonyl (C=O) groups excluding carboxylic acids is 1. The van der Waals surface area contributed by atoms with E-state index in [2.05, 4.69) is 12.6 Å². The molecule has 1 aromatic carbocycles. The van der Waals surface area contributed by atoms with Crippen molar-refractivity contribution in [2.75, 3.05) is 17.2 Å². The van der Waals surface area contributed by atoms with Crippen LogP contribution in [-0.4, -0.2) is 17.7 Å². The highest BCUT2D eigenvalue weighted by molar-refractivity contribution is 7.81. The second kappa shape index (κ2) is 3.53. The maximum atomic E-state index is 11.5. The van der Waals surface area contributed by atoms with Gasteiger partial charge in [0.05, 0.1) is 0 Å². The van der Waals surface area contributed by atoms with Crippen molar-refractivity contribution >= 4 is 29.9 Å². The van der Waals surface area contributed by atoms with Crippen molar-refractivity contribution in [3.8, 4) is 0 Å². The minimum Gasteiger partial charge on any atom is -0.399 e. The van der Waals surface area contributed by atoms with E-state index in [1.54, 1.807) is 17.0 Å². The molecule has 1 atom stereocenters. The quantitative estimate of drug-likeness (QED) is 0.540. The van der Waals surface area contributed by atoms with Gasteiger partial charge in [-0.2, -0.15) is 12.6 Å². The van der Waals surface area contributed by atoms with Crippen LogP contribution in [0.2, 0.25) is 0 Å². The second-order valence-corrected chi connectivity index (χ2v) is 4.18. The summed E-state index contributed by atoms with van der Waals surface area (Å²) in [7, 11) is 0. The highest BCUT2D eigenvalue weighted by atomic mass is 32.1. The third kappa shape index (κ3) is 1.70. The summed E-state index contributed by atoms with van der Waals surface area (Å²) in [5.41, 5.74) is 7.18. The fourth-order valence-electron chi connectivity index (χ4n) is 1.59. The van der Waals surface area contributed by atoms with Crippen molar-refractivity contribution in [3.63, 3.8) is 0 Å². The van der Waals surface area contributed by atoms with E-state index >= 15 is 0 Å². The topological polar surface area (TPSA) is 46.3 Å². The van der Waals surface area contributed by atoms with E-state index in [-0.39, 0.29) is 11.2 Å². The Hall–Kier alpha value is -1.16. The number of hydrogen-bond acceptors (Lipinski definition) is 3. The molecule has 0 bridgehead atoms. The molecule has 2 N–H and O–H groups in total. The molecule has 0 aliphatic carbocycles. The van der Waals surface area contributed by atoms with E-state index in [1.807, 2.05) is 12.1 Å². The fraction of sp³-hybridized carbons (Fsp3) is 0.300. The van der Waals surface area contributed by atoms with Crippen LogP contribution in [-0.2, 0) is 4.79 Å². The lowest BCUT2D eigenvalue weighted by molar-refractivity contribution is -0.117. The summed E-state index contributed by atoms with van der Waals surface area (Å²) in [5, 5.41) is 0.153. The number of thiol groups is 1. The average Bonchev–Trinajstić information content (AvgIpc) is 2.47. The molecule has 1 fully saturated rings. The van der Waals surface area contributed by atoms with Gasteiger partial charge in [-0.05, 0) is 24.3 Å². The van der Waals surface area contributed by atoms with Crippen molar-refractivity contribution in [2.45, 2.75) is 11.7 Å². The van der Waals surface area contributed by atoms with Gasteiger partial charge < -0.3 is 10.6 Å². The van der Waals surface area contributed by atoms with Crippen LogP contribution in [0.5, 0.6) is 0 Å². The molecule has 1 amide bonds. The Morgan fingerprint density at radius 3 is 2.50 bits per heavy atom. The van der Waals surface area contributed by atoms with Crippen LogP contribution < -0.4 is 10.6 Å². The Bertz CT molecular complexity index is 350. The van der Waals surface area contributed by atoms with Crippen LogP contribution in [0, 0.1) is 0 Å². The van der Waals surface area contributed by atoms with Gasteiger partial charge in [-0.25, -0.2) is 0 Å². The zero-order valence-corrected chi connectivity index (χ0v) is 8.58. The smallest absolute Gasteiger partial charge is 0.228 e. The standard InChI is InChI=1S/C10H12N2OS/c11-7-1-3-8(4-2-7)12-6-9(14)5-10(12)13/h1-4,9,14H,5-6,11H2. The number of carbonyl (C=O) groups is 1. The summed E-state index contributed by atoms with van der Waals surface area (Å²) in [6, 6.07) is 7.32. The molecule has 0 aromatic heterocycles. The minimum atomic E-state index is 0.134. The number of rotatable bonds is 1. The summed E-state index contributed by atoms with van der Waals surface area (Å²) < 4.78 is 0. The van der Waals surface area contributed by atoms with E-state index in [0.717, 1.165) is 5.69 Å². The van der Waals surface area contributed by atoms with Crippen molar-refractivity contribution in [3.05, 3.63) is 24.3 Å². The molecule has 0 radical (unpaired) electrons. The van der Waals surface area contributed by atoms with Crippen LogP contribution in [0.1, 0.15) is 6.42 Å². The summed E-state index contributed by atoms with van der Waals surface area (Å²) in [6.45, 7) is 0.686. The first kappa shape index (κ1) is 9.40. The number of nitrogens with zero attached hydrogens (tertiary/aromatic N) is 1. The Labute approximate surface area is 88.3 Å². The molecule has 0 spiro atoms. The van der Waals surface area contributed by atoms with Crippen molar-refractivity contribution in [1.82, 2.24) is 0 Å². The van der Waals surface area contributed by atoms with E-state index in [1.165, 1.54) is 0 Å². The molecule has 74 valence electrons. The van der Waals surface area contributed by atoms with Crippen LogP contribution in [0.15, 0.2) is 24.3 Å². The van der Waals surface area contributed by atoms with Crippen molar-refractivity contribution < 1.29 is 4.79 Å². The Morgan fingerprint density at radius 1 is 1.36 bits per heavy atom. The van der Waals surface area contributed by atoms with E-state index in [4.69, 9.17) is 5.73 Å². The van der Waals surface area contributed by atoms with Gasteiger partial charge in [0.1, 0.15) is 0 Å². The van der Waals surface area contributed by atoms with Crippen LogP contribution in [0.25, 0.3) is 0 Å². The number of nitrogens with two attached hydrogens (primary N) is 1. The average molecular weight is 208 g/mol. The van der Waals surface area contributed by atoms with Gasteiger partial charge in [-0.15, -0.1) is 0 Å². The zero-order chi connectivity index (χ0) is 10.1. The van der Waals surface area contributed by atoms with Gasteiger partial charge in [0, 0.05) is 29.6 Å². The van der Waals surface area contributed by atoms with Gasteiger partial charge in [0.15, 0.2) is 0 Å². The summed E-state index contributed by atoms with van der Waals surface area (Å²) >= 11 is 4.29. The Balaban J connectivity index is 2.23.